The maximum atomic E-state index is 14.3. The zero-order valence-corrected chi connectivity index (χ0v) is 15.1. The standard InChI is InChI=1S/C20H30FNO2/c1-19-9-8-15-13(14(19)6-4-12(19)11-23)5-7-17-20(15,2)10-16(21)18(24)22(17)3/h10,12-15,17,23H,4-9,11H2,1-3H3/t12-,13+,14+,15+,17-,19-,20-/m1/s1. The molecule has 3 nitrogen and oxygen atoms in total. The van der Waals surface area contributed by atoms with E-state index in [1.807, 2.05) is 0 Å². The second-order valence-electron chi connectivity index (χ2n) is 9.25. The van der Waals surface area contributed by atoms with Gasteiger partial charge in [0.05, 0.1) is 0 Å². The molecule has 4 rings (SSSR count). The van der Waals surface area contributed by atoms with Crippen LogP contribution in [0.3, 0.4) is 0 Å². The molecule has 3 saturated carbocycles. The normalized spacial score (nSPS) is 50.9. The maximum absolute atomic E-state index is 14.3. The van der Waals surface area contributed by atoms with Crippen molar-refractivity contribution in [3.63, 3.8) is 0 Å². The summed E-state index contributed by atoms with van der Waals surface area (Å²) in [5.41, 5.74) is 0.00600. The van der Waals surface area contributed by atoms with Gasteiger partial charge >= 0.3 is 0 Å². The summed E-state index contributed by atoms with van der Waals surface area (Å²) in [4.78, 5) is 13.7. The van der Waals surface area contributed by atoms with Crippen LogP contribution < -0.4 is 0 Å². The lowest BCUT2D eigenvalue weighted by Gasteiger charge is -2.60. The molecule has 0 aromatic rings. The fourth-order valence-corrected chi connectivity index (χ4v) is 7.24. The Bertz CT molecular complexity index is 590. The van der Waals surface area contributed by atoms with E-state index >= 15 is 0 Å². The zero-order valence-electron chi connectivity index (χ0n) is 15.1. The van der Waals surface area contributed by atoms with Crippen LogP contribution >= 0.6 is 0 Å². The van der Waals surface area contributed by atoms with E-state index in [4.69, 9.17) is 0 Å². The third-order valence-corrected chi connectivity index (χ3v) is 8.57. The molecule has 0 bridgehead atoms. The molecule has 4 aliphatic rings. The first kappa shape index (κ1) is 16.6. The third-order valence-electron chi connectivity index (χ3n) is 8.57. The number of carbonyl (C=O) groups excluding carboxylic acids is 1. The Morgan fingerprint density at radius 1 is 1.21 bits per heavy atom. The minimum atomic E-state index is -0.565. The molecule has 1 heterocycles. The van der Waals surface area contributed by atoms with Gasteiger partial charge in [-0.15, -0.1) is 0 Å². The molecule has 0 aromatic carbocycles. The molecule has 0 saturated heterocycles. The summed E-state index contributed by atoms with van der Waals surface area (Å²) in [6.45, 7) is 4.86. The van der Waals surface area contributed by atoms with Crippen LogP contribution in [0, 0.1) is 34.5 Å². The van der Waals surface area contributed by atoms with Crippen molar-refractivity contribution >= 4 is 5.91 Å². The summed E-state index contributed by atoms with van der Waals surface area (Å²) in [5, 5.41) is 9.80. The number of aliphatic hydroxyl groups is 1. The SMILES string of the molecule is CN1C(=O)C(F)=C[C@]2(C)[C@H]3CC[C@]4(C)[C@@H](CO)CC[C@H]4[C@@H]3CC[C@@H]12. The van der Waals surface area contributed by atoms with Gasteiger partial charge in [0, 0.05) is 25.1 Å². The quantitative estimate of drug-likeness (QED) is 0.796. The predicted molar refractivity (Wildman–Crippen MR) is 90.7 cm³/mol. The smallest absolute Gasteiger partial charge is 0.282 e. The number of likely N-dealkylation sites (N-methyl/N-ethyl adjacent to an activating group) is 1. The molecule has 1 amide bonds. The number of halogens is 1. The number of nitrogens with zero attached hydrogens (tertiary/aromatic N) is 1. The number of amides is 1. The predicted octanol–water partition coefficient (Wildman–Crippen LogP) is 3.53. The Balaban J connectivity index is 1.70. The van der Waals surface area contributed by atoms with Crippen LogP contribution in [0.5, 0.6) is 0 Å². The fraction of sp³-hybridized carbons (Fsp3) is 0.850. The summed E-state index contributed by atoms with van der Waals surface area (Å²) in [6.07, 6.45) is 8.31. The molecule has 3 aliphatic carbocycles. The van der Waals surface area contributed by atoms with Crippen LogP contribution in [0.25, 0.3) is 0 Å². The van der Waals surface area contributed by atoms with Crippen molar-refractivity contribution in [2.24, 2.45) is 34.5 Å². The minimum Gasteiger partial charge on any atom is -0.396 e. The Labute approximate surface area is 144 Å². The Morgan fingerprint density at radius 3 is 2.67 bits per heavy atom. The maximum Gasteiger partial charge on any atom is 0.282 e. The molecule has 1 aliphatic heterocycles. The third kappa shape index (κ3) is 1.95. The number of carbonyl (C=O) groups is 1. The number of fused-ring (bicyclic) bond motifs is 5. The van der Waals surface area contributed by atoms with Crippen LogP contribution in [-0.2, 0) is 4.79 Å². The highest BCUT2D eigenvalue weighted by molar-refractivity contribution is 5.92. The van der Waals surface area contributed by atoms with E-state index in [1.165, 1.54) is 6.42 Å². The first-order valence-electron chi connectivity index (χ1n) is 9.59. The number of hydrogen-bond donors (Lipinski definition) is 1. The van der Waals surface area contributed by atoms with Crippen molar-refractivity contribution in [2.45, 2.75) is 58.4 Å². The monoisotopic (exact) mass is 335 g/mol. The largest absolute Gasteiger partial charge is 0.396 e. The van der Waals surface area contributed by atoms with Crippen molar-refractivity contribution < 1.29 is 14.3 Å². The summed E-state index contributed by atoms with van der Waals surface area (Å²) in [6, 6.07) is 0.130. The Hall–Kier alpha value is -0.900. The van der Waals surface area contributed by atoms with E-state index in [0.29, 0.717) is 30.3 Å². The van der Waals surface area contributed by atoms with Crippen LogP contribution in [0.1, 0.15) is 52.4 Å². The van der Waals surface area contributed by atoms with E-state index in [9.17, 15) is 14.3 Å². The molecule has 7 atom stereocenters. The molecule has 0 radical (unpaired) electrons. The minimum absolute atomic E-state index is 0.130. The van der Waals surface area contributed by atoms with Gasteiger partial charge in [0.2, 0.25) is 0 Å². The first-order valence-corrected chi connectivity index (χ1v) is 9.59. The van der Waals surface area contributed by atoms with Gasteiger partial charge < -0.3 is 10.0 Å². The van der Waals surface area contributed by atoms with Gasteiger partial charge in [-0.25, -0.2) is 4.39 Å². The molecule has 4 heteroatoms. The van der Waals surface area contributed by atoms with Crippen molar-refractivity contribution in [1.29, 1.82) is 0 Å². The number of hydrogen-bond acceptors (Lipinski definition) is 2. The number of aliphatic hydroxyl groups excluding tert-OH is 1. The highest BCUT2D eigenvalue weighted by Gasteiger charge is 2.60. The van der Waals surface area contributed by atoms with Gasteiger partial charge in [0.25, 0.3) is 5.91 Å². The van der Waals surface area contributed by atoms with E-state index in [1.54, 1.807) is 18.0 Å². The molecule has 134 valence electrons. The average molecular weight is 335 g/mol. The molecule has 3 fully saturated rings. The molecule has 1 N–H and O–H groups in total. The lowest BCUT2D eigenvalue weighted by atomic mass is 9.47. The van der Waals surface area contributed by atoms with Gasteiger partial charge in [0.15, 0.2) is 5.83 Å². The molecule has 0 aromatic heterocycles. The second-order valence-corrected chi connectivity index (χ2v) is 9.25. The summed E-state index contributed by atoms with van der Waals surface area (Å²) >= 11 is 0. The number of rotatable bonds is 1. The van der Waals surface area contributed by atoms with Gasteiger partial charge in [-0.2, -0.15) is 0 Å². The van der Waals surface area contributed by atoms with Crippen LogP contribution in [0.4, 0.5) is 4.39 Å². The van der Waals surface area contributed by atoms with E-state index in [-0.39, 0.29) is 16.9 Å². The highest BCUT2D eigenvalue weighted by atomic mass is 19.1. The summed E-state index contributed by atoms with van der Waals surface area (Å²) in [5.74, 6) is 1.12. The Morgan fingerprint density at radius 2 is 1.96 bits per heavy atom. The van der Waals surface area contributed by atoms with Gasteiger partial charge in [-0.3, -0.25) is 4.79 Å². The van der Waals surface area contributed by atoms with Crippen molar-refractivity contribution in [1.82, 2.24) is 4.90 Å². The molecular formula is C20H30FNO2. The van der Waals surface area contributed by atoms with Crippen LogP contribution in [0.15, 0.2) is 11.9 Å². The van der Waals surface area contributed by atoms with Crippen molar-refractivity contribution in [2.75, 3.05) is 13.7 Å². The lowest BCUT2D eigenvalue weighted by molar-refractivity contribution is -0.142. The lowest BCUT2D eigenvalue weighted by Crippen LogP contribution is -2.60. The molecule has 0 spiro atoms. The average Bonchev–Trinajstić information content (AvgIpc) is 2.89. The zero-order chi connectivity index (χ0) is 17.3. The topological polar surface area (TPSA) is 40.5 Å². The summed E-state index contributed by atoms with van der Waals surface area (Å²) in [7, 11) is 1.77. The van der Waals surface area contributed by atoms with E-state index in [2.05, 4.69) is 13.8 Å². The van der Waals surface area contributed by atoms with Gasteiger partial charge in [-0.1, -0.05) is 13.8 Å². The van der Waals surface area contributed by atoms with E-state index < -0.39 is 11.7 Å². The molecular weight excluding hydrogens is 305 g/mol. The van der Waals surface area contributed by atoms with Gasteiger partial charge in [-0.05, 0) is 73.7 Å². The highest BCUT2D eigenvalue weighted by Crippen LogP contribution is 2.65. The van der Waals surface area contributed by atoms with Crippen molar-refractivity contribution in [3.8, 4) is 0 Å². The summed E-state index contributed by atoms with van der Waals surface area (Å²) < 4.78 is 14.3. The fourth-order valence-electron chi connectivity index (χ4n) is 7.24. The van der Waals surface area contributed by atoms with Crippen LogP contribution in [0.2, 0.25) is 0 Å². The van der Waals surface area contributed by atoms with Gasteiger partial charge in [0.1, 0.15) is 0 Å². The van der Waals surface area contributed by atoms with Crippen LogP contribution in [-0.4, -0.2) is 35.6 Å². The molecule has 0 unspecified atom stereocenters. The van der Waals surface area contributed by atoms with Crippen molar-refractivity contribution in [3.05, 3.63) is 11.9 Å². The Kier molecular flexibility index (Phi) is 3.66. The second kappa shape index (κ2) is 5.30. The first-order chi connectivity index (χ1) is 11.3. The van der Waals surface area contributed by atoms with E-state index in [0.717, 1.165) is 32.1 Å². The molecule has 24 heavy (non-hydrogen) atoms.